The minimum Gasteiger partial charge on any atom is -0.459 e. The molecule has 1 atom stereocenters. The van der Waals surface area contributed by atoms with Crippen molar-refractivity contribution >= 4 is 22.2 Å². The number of aryl methyl sites for hydroxylation is 1. The molecule has 1 aliphatic heterocycles. The van der Waals surface area contributed by atoms with Gasteiger partial charge in [-0.3, -0.25) is 9.69 Å². The Labute approximate surface area is 174 Å². The fourth-order valence-corrected chi connectivity index (χ4v) is 4.87. The van der Waals surface area contributed by atoms with Gasteiger partial charge in [0.05, 0.1) is 12.3 Å². The first kappa shape index (κ1) is 19.9. The van der Waals surface area contributed by atoms with E-state index in [1.165, 1.54) is 18.4 Å². The lowest BCUT2D eigenvalue weighted by Crippen LogP contribution is -2.37. The summed E-state index contributed by atoms with van der Waals surface area (Å²) in [7, 11) is 0. The van der Waals surface area contributed by atoms with Crippen molar-refractivity contribution in [1.82, 2.24) is 4.90 Å². The first-order valence-electron chi connectivity index (χ1n) is 9.96. The van der Waals surface area contributed by atoms with Gasteiger partial charge in [0.25, 0.3) is 5.91 Å². The monoisotopic (exact) mass is 412 g/mol. The fourth-order valence-electron chi connectivity index (χ4n) is 3.93. The van der Waals surface area contributed by atoms with E-state index in [4.69, 9.17) is 4.42 Å². The molecule has 3 aromatic rings. The highest BCUT2D eigenvalue weighted by Gasteiger charge is 2.29. The predicted octanol–water partition coefficient (Wildman–Crippen LogP) is 5.86. The quantitative estimate of drug-likeness (QED) is 0.571. The van der Waals surface area contributed by atoms with Crippen molar-refractivity contribution in [2.45, 2.75) is 32.7 Å². The molecular weight excluding hydrogens is 387 g/mol. The lowest BCUT2D eigenvalue weighted by Gasteiger charge is -2.37. The highest BCUT2D eigenvalue weighted by Crippen LogP contribution is 2.40. The van der Waals surface area contributed by atoms with E-state index in [2.05, 4.69) is 23.2 Å². The van der Waals surface area contributed by atoms with Gasteiger partial charge < -0.3 is 9.73 Å². The number of thiophene rings is 1. The molecule has 0 aliphatic carbocycles. The molecule has 1 amide bonds. The minimum absolute atomic E-state index is 0.0278. The van der Waals surface area contributed by atoms with Gasteiger partial charge in [0, 0.05) is 10.4 Å². The largest absolute Gasteiger partial charge is 0.459 e. The van der Waals surface area contributed by atoms with E-state index >= 15 is 0 Å². The molecule has 1 aromatic carbocycles. The van der Waals surface area contributed by atoms with Gasteiger partial charge in [0.15, 0.2) is 5.76 Å². The number of nitrogens with one attached hydrogen (secondary N) is 1. The Morgan fingerprint density at radius 2 is 1.97 bits per heavy atom. The number of rotatable bonds is 5. The van der Waals surface area contributed by atoms with E-state index in [-0.39, 0.29) is 23.5 Å². The Kier molecular flexibility index (Phi) is 5.83. The first-order valence-corrected chi connectivity index (χ1v) is 10.8. The SMILES string of the molecule is Cc1cc(C(c2ccc(F)cc2)N2CCC(C)CC2)c(NC(=O)c2ccco2)s1. The standard InChI is InChI=1S/C23H25FN2O2S/c1-15-9-11-26(12-10-15)21(17-5-7-18(24)8-6-17)19-14-16(2)29-23(19)25-22(27)20-4-3-13-28-20/h3-8,13-15,21H,9-12H2,1-2H3,(H,25,27). The zero-order valence-corrected chi connectivity index (χ0v) is 17.5. The third-order valence-corrected chi connectivity index (χ3v) is 6.50. The van der Waals surface area contributed by atoms with Crippen LogP contribution in [0.3, 0.4) is 0 Å². The Morgan fingerprint density at radius 1 is 1.24 bits per heavy atom. The summed E-state index contributed by atoms with van der Waals surface area (Å²) in [5, 5.41) is 3.84. The number of nitrogens with zero attached hydrogens (tertiary/aromatic N) is 1. The maximum Gasteiger partial charge on any atom is 0.291 e. The number of carbonyl (C=O) groups is 1. The third-order valence-electron chi connectivity index (χ3n) is 5.52. The molecule has 0 radical (unpaired) electrons. The van der Waals surface area contributed by atoms with Gasteiger partial charge in [-0.25, -0.2) is 4.39 Å². The number of amides is 1. The zero-order valence-electron chi connectivity index (χ0n) is 16.7. The maximum absolute atomic E-state index is 13.6. The molecule has 1 N–H and O–H groups in total. The predicted molar refractivity (Wildman–Crippen MR) is 114 cm³/mol. The van der Waals surface area contributed by atoms with E-state index < -0.39 is 0 Å². The Bertz CT molecular complexity index is 957. The number of halogens is 1. The average Bonchev–Trinajstić information content (AvgIpc) is 3.35. The minimum atomic E-state index is -0.261. The highest BCUT2D eigenvalue weighted by molar-refractivity contribution is 7.16. The summed E-state index contributed by atoms with van der Waals surface area (Å²) in [5.74, 6) is 0.491. The molecule has 0 spiro atoms. The third kappa shape index (κ3) is 4.43. The molecule has 0 bridgehead atoms. The fraction of sp³-hybridized carbons (Fsp3) is 0.348. The second kappa shape index (κ2) is 8.51. The van der Waals surface area contributed by atoms with Crippen LogP contribution in [0.25, 0.3) is 0 Å². The number of carbonyl (C=O) groups excluding carboxylic acids is 1. The summed E-state index contributed by atoms with van der Waals surface area (Å²) >= 11 is 1.56. The smallest absolute Gasteiger partial charge is 0.291 e. The van der Waals surface area contributed by atoms with Crippen LogP contribution in [0.4, 0.5) is 9.39 Å². The Hall–Kier alpha value is -2.44. The Morgan fingerprint density at radius 3 is 2.62 bits per heavy atom. The van der Waals surface area contributed by atoms with E-state index in [0.29, 0.717) is 5.92 Å². The number of furan rings is 1. The molecule has 3 heterocycles. The van der Waals surface area contributed by atoms with Gasteiger partial charge in [-0.15, -0.1) is 11.3 Å². The lowest BCUT2D eigenvalue weighted by molar-refractivity contribution is 0.0996. The zero-order chi connectivity index (χ0) is 20.4. The van der Waals surface area contributed by atoms with Gasteiger partial charge in [0.1, 0.15) is 10.8 Å². The number of hydrogen-bond donors (Lipinski definition) is 1. The number of piperidine rings is 1. The van der Waals surface area contributed by atoms with Gasteiger partial charge in [0.2, 0.25) is 0 Å². The maximum atomic E-state index is 13.6. The van der Waals surface area contributed by atoms with Crippen molar-refractivity contribution < 1.29 is 13.6 Å². The van der Waals surface area contributed by atoms with Crippen LogP contribution in [0.2, 0.25) is 0 Å². The average molecular weight is 413 g/mol. The summed E-state index contributed by atoms with van der Waals surface area (Å²) in [5.41, 5.74) is 2.08. The van der Waals surface area contributed by atoms with Crippen molar-refractivity contribution in [3.8, 4) is 0 Å². The van der Waals surface area contributed by atoms with Gasteiger partial charge in [-0.05, 0) is 74.7 Å². The molecule has 2 aromatic heterocycles. The molecule has 4 rings (SSSR count). The molecule has 1 aliphatic rings. The van der Waals surface area contributed by atoms with Gasteiger partial charge in [-0.2, -0.15) is 0 Å². The van der Waals surface area contributed by atoms with Crippen LogP contribution in [0.1, 0.15) is 52.4 Å². The summed E-state index contributed by atoms with van der Waals surface area (Å²) in [6.07, 6.45) is 3.76. The van der Waals surface area contributed by atoms with Crippen LogP contribution in [0.15, 0.2) is 53.1 Å². The van der Waals surface area contributed by atoms with Crippen molar-refractivity contribution in [3.05, 3.63) is 76.3 Å². The number of likely N-dealkylation sites (tertiary alicyclic amines) is 1. The van der Waals surface area contributed by atoms with E-state index in [0.717, 1.165) is 46.9 Å². The van der Waals surface area contributed by atoms with Crippen LogP contribution in [-0.2, 0) is 0 Å². The second-order valence-corrected chi connectivity index (χ2v) is 9.00. The van der Waals surface area contributed by atoms with Crippen molar-refractivity contribution in [2.24, 2.45) is 5.92 Å². The molecule has 6 heteroatoms. The first-order chi connectivity index (χ1) is 14.0. The van der Waals surface area contributed by atoms with Gasteiger partial charge >= 0.3 is 0 Å². The summed E-state index contributed by atoms with van der Waals surface area (Å²) < 4.78 is 18.8. The van der Waals surface area contributed by atoms with Crippen LogP contribution >= 0.6 is 11.3 Å². The second-order valence-electron chi connectivity index (χ2n) is 7.75. The van der Waals surface area contributed by atoms with Crippen molar-refractivity contribution in [2.75, 3.05) is 18.4 Å². The van der Waals surface area contributed by atoms with Crippen molar-refractivity contribution in [3.63, 3.8) is 0 Å². The van der Waals surface area contributed by atoms with Gasteiger partial charge in [-0.1, -0.05) is 19.1 Å². The molecule has 1 saturated heterocycles. The number of anilines is 1. The van der Waals surface area contributed by atoms with Crippen LogP contribution < -0.4 is 5.32 Å². The van der Waals surface area contributed by atoms with E-state index in [9.17, 15) is 9.18 Å². The summed E-state index contributed by atoms with van der Waals surface area (Å²) in [6, 6.07) is 12.2. The topological polar surface area (TPSA) is 45.5 Å². The number of benzene rings is 1. The molecule has 1 unspecified atom stereocenters. The van der Waals surface area contributed by atoms with Crippen LogP contribution in [0.5, 0.6) is 0 Å². The molecule has 0 saturated carbocycles. The molecule has 4 nitrogen and oxygen atoms in total. The van der Waals surface area contributed by atoms with E-state index in [1.807, 2.05) is 19.1 Å². The van der Waals surface area contributed by atoms with Crippen LogP contribution in [0, 0.1) is 18.7 Å². The highest BCUT2D eigenvalue weighted by atomic mass is 32.1. The number of hydrogen-bond acceptors (Lipinski definition) is 4. The summed E-state index contributed by atoms with van der Waals surface area (Å²) in [6.45, 7) is 6.28. The normalized spacial score (nSPS) is 16.7. The Balaban J connectivity index is 1.70. The molecule has 152 valence electrons. The van der Waals surface area contributed by atoms with Crippen LogP contribution in [-0.4, -0.2) is 23.9 Å². The van der Waals surface area contributed by atoms with E-state index in [1.54, 1.807) is 23.5 Å². The molecular formula is C23H25FN2O2S. The van der Waals surface area contributed by atoms with Crippen molar-refractivity contribution in [1.29, 1.82) is 0 Å². The lowest BCUT2D eigenvalue weighted by atomic mass is 9.92. The molecule has 1 fully saturated rings. The molecule has 29 heavy (non-hydrogen) atoms. The summed E-state index contributed by atoms with van der Waals surface area (Å²) in [4.78, 5) is 16.2.